The SMILES string of the molecule is CCC(C)CCCCCCCCCCC(=O)OC[C@H](COP(=O)(O)OC[C@@H](O)COP(=O)(O)OC[C@@H](COC(=O)CCCCCCCCC(C)C)OC(=O)CCCCCCCCCC(C)C)OC(=O)CCCCCCCCCCCCCCCC(C)C. The number of aliphatic hydroxyl groups is 1. The Kier molecular flexibility index (Phi) is 56.6. The summed E-state index contributed by atoms with van der Waals surface area (Å²) in [6.07, 6.45) is 39.1. The molecule has 0 saturated carbocycles. The van der Waals surface area contributed by atoms with Gasteiger partial charge in [-0.1, -0.05) is 280 Å². The van der Waals surface area contributed by atoms with Crippen LogP contribution < -0.4 is 0 Å². The van der Waals surface area contributed by atoms with Gasteiger partial charge in [0.2, 0.25) is 0 Å². The fraction of sp³-hybridized carbons (Fsp3) is 0.941. The van der Waals surface area contributed by atoms with E-state index in [1.54, 1.807) is 0 Å². The molecule has 0 rings (SSSR count). The van der Waals surface area contributed by atoms with Gasteiger partial charge >= 0.3 is 39.5 Å². The number of unbranched alkanes of at least 4 members (excludes halogenated alkanes) is 30. The van der Waals surface area contributed by atoms with E-state index in [4.69, 9.17) is 37.0 Å². The lowest BCUT2D eigenvalue weighted by Crippen LogP contribution is -2.30. The van der Waals surface area contributed by atoms with Gasteiger partial charge in [-0.05, 0) is 49.4 Å². The predicted molar refractivity (Wildman–Crippen MR) is 349 cm³/mol. The number of aliphatic hydroxyl groups excluding tert-OH is 1. The van der Waals surface area contributed by atoms with E-state index in [9.17, 15) is 43.2 Å². The number of hydrogen-bond acceptors (Lipinski definition) is 15. The maximum absolute atomic E-state index is 13.0. The van der Waals surface area contributed by atoms with Crippen LogP contribution >= 0.6 is 15.6 Å². The third kappa shape index (κ3) is 61.3. The fourth-order valence-electron chi connectivity index (χ4n) is 10.1. The summed E-state index contributed by atoms with van der Waals surface area (Å²) in [6, 6.07) is 0. The molecule has 0 aliphatic carbocycles. The first-order valence-corrected chi connectivity index (χ1v) is 38.2. The van der Waals surface area contributed by atoms with Crippen molar-refractivity contribution < 1.29 is 80.2 Å². The number of phosphoric ester groups is 2. The molecule has 0 aromatic rings. The highest BCUT2D eigenvalue weighted by Gasteiger charge is 2.30. The molecule has 0 aliphatic heterocycles. The molecule has 0 amide bonds. The highest BCUT2D eigenvalue weighted by molar-refractivity contribution is 7.47. The van der Waals surface area contributed by atoms with Gasteiger partial charge in [-0.3, -0.25) is 37.3 Å². The molecule has 17 nitrogen and oxygen atoms in total. The van der Waals surface area contributed by atoms with Crippen LogP contribution in [0.15, 0.2) is 0 Å². The highest BCUT2D eigenvalue weighted by atomic mass is 31.2. The summed E-state index contributed by atoms with van der Waals surface area (Å²) >= 11 is 0. The summed E-state index contributed by atoms with van der Waals surface area (Å²) < 4.78 is 68.1. The van der Waals surface area contributed by atoms with Crippen LogP contribution in [0.2, 0.25) is 0 Å². The predicted octanol–water partition coefficient (Wildman–Crippen LogP) is 18.9. The smallest absolute Gasteiger partial charge is 0.462 e. The summed E-state index contributed by atoms with van der Waals surface area (Å²) in [5.74, 6) is 0.803. The molecule has 0 spiro atoms. The van der Waals surface area contributed by atoms with Crippen molar-refractivity contribution in [2.75, 3.05) is 39.6 Å². The van der Waals surface area contributed by atoms with Gasteiger partial charge in [-0.15, -0.1) is 0 Å². The number of ether oxygens (including phenoxy) is 4. The first kappa shape index (κ1) is 85.1. The second kappa shape index (κ2) is 57.9. The Morgan fingerprint density at radius 2 is 0.552 bits per heavy atom. The van der Waals surface area contributed by atoms with E-state index in [-0.39, 0.29) is 25.7 Å². The van der Waals surface area contributed by atoms with Crippen molar-refractivity contribution in [3.63, 3.8) is 0 Å². The quantitative estimate of drug-likeness (QED) is 0.0222. The van der Waals surface area contributed by atoms with Crippen molar-refractivity contribution in [3.05, 3.63) is 0 Å². The van der Waals surface area contributed by atoms with Gasteiger partial charge in [0, 0.05) is 25.7 Å². The van der Waals surface area contributed by atoms with Crippen molar-refractivity contribution >= 4 is 39.5 Å². The van der Waals surface area contributed by atoms with Crippen molar-refractivity contribution in [2.45, 2.75) is 350 Å². The molecular formula is C68H132O17P2. The lowest BCUT2D eigenvalue weighted by Gasteiger charge is -2.21. The van der Waals surface area contributed by atoms with Crippen LogP contribution in [0.25, 0.3) is 0 Å². The Morgan fingerprint density at radius 1 is 0.322 bits per heavy atom. The number of carbonyl (C=O) groups is 4. The zero-order valence-electron chi connectivity index (χ0n) is 56.6. The van der Waals surface area contributed by atoms with E-state index in [1.807, 2.05) is 0 Å². The van der Waals surface area contributed by atoms with Gasteiger partial charge < -0.3 is 33.8 Å². The summed E-state index contributed by atoms with van der Waals surface area (Å²) in [5, 5.41) is 10.6. The minimum atomic E-state index is -4.95. The van der Waals surface area contributed by atoms with Gasteiger partial charge in [-0.2, -0.15) is 0 Å². The van der Waals surface area contributed by atoms with E-state index < -0.39 is 97.5 Å². The lowest BCUT2D eigenvalue weighted by molar-refractivity contribution is -0.161. The molecule has 0 aromatic carbocycles. The van der Waals surface area contributed by atoms with Crippen molar-refractivity contribution in [1.29, 1.82) is 0 Å². The summed E-state index contributed by atoms with van der Waals surface area (Å²) in [7, 11) is -9.90. The normalized spacial score (nSPS) is 14.6. The molecule has 19 heteroatoms. The molecular weight excluding hydrogens is 1150 g/mol. The van der Waals surface area contributed by atoms with Gasteiger partial charge in [0.25, 0.3) is 0 Å². The zero-order valence-corrected chi connectivity index (χ0v) is 58.4. The molecule has 3 N–H and O–H groups in total. The number of phosphoric acid groups is 2. The molecule has 0 radical (unpaired) electrons. The van der Waals surface area contributed by atoms with Crippen LogP contribution in [0.4, 0.5) is 0 Å². The Labute approximate surface area is 530 Å². The molecule has 0 heterocycles. The number of rotatable bonds is 65. The standard InChI is InChI=1S/C68H132O17P2/c1-9-61(8)47-39-31-22-17-18-23-32-40-48-65(70)78-54-63(84-67(72)50-42-34-24-16-14-12-10-11-13-15-20-28-36-44-58(2)3)56-82-86(74,75)80-52-62(69)53-81-87(76,77)83-57-64(55-79-66(71)49-41-33-27-26-30-38-46-60(6)7)85-68(73)51-43-35-25-19-21-29-37-45-59(4)5/h58-64,69H,9-57H2,1-8H3,(H,74,75)(H,76,77)/t61?,62-,63-,64-/m1/s1. The number of esters is 4. The average molecular weight is 1280 g/mol. The minimum absolute atomic E-state index is 0.102. The van der Waals surface area contributed by atoms with Gasteiger partial charge in [0.15, 0.2) is 12.2 Å². The Morgan fingerprint density at radius 3 is 0.816 bits per heavy atom. The van der Waals surface area contributed by atoms with Crippen LogP contribution in [0, 0.1) is 23.7 Å². The van der Waals surface area contributed by atoms with E-state index in [2.05, 4.69) is 55.4 Å². The maximum atomic E-state index is 13.0. The van der Waals surface area contributed by atoms with E-state index in [1.165, 1.54) is 128 Å². The summed E-state index contributed by atoms with van der Waals surface area (Å²) in [6.45, 7) is 14.0. The molecule has 0 aromatic heterocycles. The maximum Gasteiger partial charge on any atom is 0.472 e. The second-order valence-electron chi connectivity index (χ2n) is 26.2. The molecule has 0 aliphatic rings. The molecule has 87 heavy (non-hydrogen) atoms. The molecule has 0 bridgehead atoms. The highest BCUT2D eigenvalue weighted by Crippen LogP contribution is 2.45. The third-order valence-corrected chi connectivity index (χ3v) is 17.8. The average Bonchev–Trinajstić information content (AvgIpc) is 3.51. The molecule has 0 fully saturated rings. The molecule has 3 unspecified atom stereocenters. The van der Waals surface area contributed by atoms with Crippen LogP contribution in [-0.2, 0) is 65.4 Å². The molecule has 516 valence electrons. The Balaban J connectivity index is 5.24. The van der Waals surface area contributed by atoms with E-state index >= 15 is 0 Å². The van der Waals surface area contributed by atoms with Crippen LogP contribution in [0.3, 0.4) is 0 Å². The van der Waals surface area contributed by atoms with Crippen molar-refractivity contribution in [1.82, 2.24) is 0 Å². The lowest BCUT2D eigenvalue weighted by atomic mass is 9.99. The van der Waals surface area contributed by atoms with Crippen LogP contribution in [-0.4, -0.2) is 96.7 Å². The first-order chi connectivity index (χ1) is 41.6. The van der Waals surface area contributed by atoms with Gasteiger partial charge in [0.1, 0.15) is 19.3 Å². The van der Waals surface area contributed by atoms with Gasteiger partial charge in [0.05, 0.1) is 26.4 Å². The Hall–Kier alpha value is -1.94. The summed E-state index contributed by atoms with van der Waals surface area (Å²) in [5.41, 5.74) is 0. The largest absolute Gasteiger partial charge is 0.472 e. The second-order valence-corrected chi connectivity index (χ2v) is 29.1. The third-order valence-electron chi connectivity index (χ3n) is 15.9. The van der Waals surface area contributed by atoms with Crippen LogP contribution in [0.1, 0.15) is 331 Å². The van der Waals surface area contributed by atoms with E-state index in [0.717, 1.165) is 108 Å². The van der Waals surface area contributed by atoms with Crippen molar-refractivity contribution in [2.24, 2.45) is 23.7 Å². The molecule has 0 saturated heterocycles. The fourth-order valence-corrected chi connectivity index (χ4v) is 11.7. The number of carbonyl (C=O) groups excluding carboxylic acids is 4. The van der Waals surface area contributed by atoms with Crippen LogP contribution in [0.5, 0.6) is 0 Å². The minimum Gasteiger partial charge on any atom is -0.462 e. The van der Waals surface area contributed by atoms with Gasteiger partial charge in [-0.25, -0.2) is 9.13 Å². The first-order valence-electron chi connectivity index (χ1n) is 35.2. The monoisotopic (exact) mass is 1280 g/mol. The molecule has 6 atom stereocenters. The zero-order chi connectivity index (χ0) is 64.7. The van der Waals surface area contributed by atoms with Crippen molar-refractivity contribution in [3.8, 4) is 0 Å². The topological polar surface area (TPSA) is 237 Å². The Bertz CT molecular complexity index is 1730. The van der Waals surface area contributed by atoms with E-state index in [0.29, 0.717) is 37.5 Å². The summed E-state index contributed by atoms with van der Waals surface area (Å²) in [4.78, 5) is 72.4. The number of hydrogen-bond donors (Lipinski definition) is 3.